The van der Waals surface area contributed by atoms with Crippen LogP contribution in [0.15, 0.2) is 43.0 Å². The number of anilines is 2. The van der Waals surface area contributed by atoms with E-state index in [2.05, 4.69) is 21.7 Å². The Labute approximate surface area is 384 Å². The normalized spacial score (nSPS) is 17.5. The molecule has 0 atom stereocenters. The van der Waals surface area contributed by atoms with Gasteiger partial charge in [0.1, 0.15) is 17.9 Å². The highest BCUT2D eigenvalue weighted by atomic mass is 35.5. The summed E-state index contributed by atoms with van der Waals surface area (Å²) >= 11 is 6.70. The molecule has 0 saturated carbocycles. The maximum absolute atomic E-state index is 13.2. The highest BCUT2D eigenvalue weighted by molar-refractivity contribution is 6.36. The second-order valence-corrected chi connectivity index (χ2v) is 17.0. The van der Waals surface area contributed by atoms with Gasteiger partial charge in [-0.1, -0.05) is 30.3 Å². The number of carbonyl (C=O) groups excluding carboxylic acids is 3. The van der Waals surface area contributed by atoms with Crippen molar-refractivity contribution in [3.63, 3.8) is 0 Å². The Balaban J connectivity index is 1.04. The van der Waals surface area contributed by atoms with Crippen LogP contribution in [0.25, 0.3) is 10.8 Å². The summed E-state index contributed by atoms with van der Waals surface area (Å²) in [5.74, 6) is -1.27. The Kier molecular flexibility index (Phi) is 18.1. The zero-order valence-electron chi connectivity index (χ0n) is 36.9. The molecule has 0 bridgehead atoms. The van der Waals surface area contributed by atoms with Crippen molar-refractivity contribution in [2.45, 2.75) is 32.2 Å². The summed E-state index contributed by atoms with van der Waals surface area (Å²) in [6.07, 6.45) is 4.92. The van der Waals surface area contributed by atoms with E-state index in [-0.39, 0.29) is 49.8 Å². The summed E-state index contributed by atoms with van der Waals surface area (Å²) < 4.78 is 6.20. The molecular formula is C45H61ClN10O9. The van der Waals surface area contributed by atoms with E-state index in [9.17, 15) is 39.3 Å². The first-order valence-corrected chi connectivity index (χ1v) is 22.7. The predicted molar refractivity (Wildman–Crippen MR) is 246 cm³/mol. The van der Waals surface area contributed by atoms with Gasteiger partial charge < -0.3 is 44.9 Å². The number of unbranched alkanes of at least 4 members (excludes halogenated alkanes) is 2. The van der Waals surface area contributed by atoms with E-state index in [0.717, 1.165) is 46.2 Å². The van der Waals surface area contributed by atoms with Crippen molar-refractivity contribution in [1.82, 2.24) is 39.8 Å². The summed E-state index contributed by atoms with van der Waals surface area (Å²) in [6.45, 7) is 11.0. The van der Waals surface area contributed by atoms with Crippen LogP contribution in [0.2, 0.25) is 5.02 Å². The minimum absolute atomic E-state index is 0.0753. The van der Waals surface area contributed by atoms with Crippen LogP contribution in [0.4, 0.5) is 11.5 Å². The first-order valence-electron chi connectivity index (χ1n) is 22.3. The first kappa shape index (κ1) is 48.8. The largest absolute Gasteiger partial charge is 0.508 e. The molecule has 0 aliphatic carbocycles. The van der Waals surface area contributed by atoms with Gasteiger partial charge in [-0.2, -0.15) is 9.97 Å². The van der Waals surface area contributed by atoms with Crippen molar-refractivity contribution in [3.05, 3.63) is 59.3 Å². The molecule has 19 nitrogen and oxygen atoms in total. The van der Waals surface area contributed by atoms with Crippen LogP contribution in [0.3, 0.4) is 0 Å². The number of nitrogens with zero attached hydrogens (tertiary/aromatic N) is 9. The average molecular weight is 921 g/mol. The van der Waals surface area contributed by atoms with E-state index < -0.39 is 11.9 Å². The third-order valence-electron chi connectivity index (χ3n) is 12.0. The fourth-order valence-corrected chi connectivity index (χ4v) is 8.84. The van der Waals surface area contributed by atoms with Crippen molar-refractivity contribution >= 4 is 63.9 Å². The maximum Gasteiger partial charge on any atom is 0.318 e. The number of carbonyl (C=O) groups is 5. The minimum atomic E-state index is -0.965. The number of phenolic OH excluding ortho intramolecular Hbond substituents is 1. The molecule has 352 valence electrons. The number of aromatic nitrogens is 2. The molecule has 2 fully saturated rings. The lowest BCUT2D eigenvalue weighted by molar-refractivity contribution is -0.139. The fraction of sp³-hybridized carbons (Fsp3) is 0.533. The van der Waals surface area contributed by atoms with Gasteiger partial charge in [-0.3, -0.25) is 38.8 Å². The summed E-state index contributed by atoms with van der Waals surface area (Å²) in [4.78, 5) is 83.3. The van der Waals surface area contributed by atoms with Gasteiger partial charge in [0.25, 0.3) is 0 Å². The average Bonchev–Trinajstić information content (AvgIpc) is 3.28. The number of rotatable bonds is 18. The number of ether oxygens (including phenoxy) is 1. The Hall–Kier alpha value is -5.60. The number of phenols is 1. The number of carboxylic acids is 2. The predicted octanol–water partition coefficient (Wildman–Crippen LogP) is 1.64. The van der Waals surface area contributed by atoms with Gasteiger partial charge in [0.05, 0.1) is 55.7 Å². The number of amides is 2. The van der Waals surface area contributed by atoms with E-state index in [0.29, 0.717) is 129 Å². The number of carboxylic acid groups (broad SMARTS) is 2. The molecule has 3 aliphatic heterocycles. The van der Waals surface area contributed by atoms with Gasteiger partial charge in [0.15, 0.2) is 0 Å². The van der Waals surface area contributed by atoms with Gasteiger partial charge >= 0.3 is 17.9 Å². The lowest BCUT2D eigenvalue weighted by Gasteiger charge is -2.38. The molecule has 4 N–H and O–H groups in total. The molecule has 0 unspecified atom stereocenters. The van der Waals surface area contributed by atoms with E-state index in [1.807, 2.05) is 28.0 Å². The Bertz CT molecular complexity index is 2120. The molecule has 6 rings (SSSR count). The van der Waals surface area contributed by atoms with Gasteiger partial charge in [-0.25, -0.2) is 0 Å². The summed E-state index contributed by atoms with van der Waals surface area (Å²) in [5.41, 5.74) is 2.65. The van der Waals surface area contributed by atoms with Crippen LogP contribution < -0.4 is 19.9 Å². The molecule has 4 heterocycles. The number of aldehydes is 1. The monoisotopic (exact) mass is 920 g/mol. The second-order valence-electron chi connectivity index (χ2n) is 16.6. The number of halogens is 1. The van der Waals surface area contributed by atoms with Crippen molar-refractivity contribution < 1.29 is 44.0 Å². The maximum atomic E-state index is 13.2. The molecule has 0 radical (unpaired) electrons. The third-order valence-corrected chi connectivity index (χ3v) is 12.4. The van der Waals surface area contributed by atoms with Crippen molar-refractivity contribution in [2.24, 2.45) is 0 Å². The van der Waals surface area contributed by atoms with Crippen LogP contribution in [0.1, 0.15) is 30.5 Å². The molecule has 2 saturated heterocycles. The molecule has 65 heavy (non-hydrogen) atoms. The van der Waals surface area contributed by atoms with E-state index in [1.54, 1.807) is 26.8 Å². The van der Waals surface area contributed by atoms with Crippen molar-refractivity contribution in [2.75, 3.05) is 134 Å². The highest BCUT2D eigenvalue weighted by Crippen LogP contribution is 2.39. The van der Waals surface area contributed by atoms with Gasteiger partial charge in [0.2, 0.25) is 11.8 Å². The van der Waals surface area contributed by atoms with Crippen LogP contribution in [-0.4, -0.2) is 204 Å². The first-order chi connectivity index (χ1) is 31.4. The number of hydrogen-bond acceptors (Lipinski definition) is 15. The lowest BCUT2D eigenvalue weighted by atomic mass is 10.0. The quantitative estimate of drug-likeness (QED) is 0.0811. The van der Waals surface area contributed by atoms with Gasteiger partial charge in [-0.05, 0) is 49.3 Å². The second kappa shape index (κ2) is 24.1. The summed E-state index contributed by atoms with van der Waals surface area (Å²) in [7, 11) is 0. The molecular weight excluding hydrogens is 860 g/mol. The molecule has 20 heteroatoms. The molecule has 2 aromatic carbocycles. The Morgan fingerprint density at radius 2 is 1.43 bits per heavy atom. The molecule has 0 spiro atoms. The van der Waals surface area contributed by atoms with Crippen molar-refractivity contribution in [1.29, 1.82) is 0 Å². The standard InChI is InChI=1S/C45H61ClN10O9/c1-2-40(60)54-20-22-55(23-21-54)44-35-9-11-56(38-28-34(58)27-33-7-6-8-36(46)43(33)38)29-37(35)48-45(49-44)65-26-5-3-4-10-47-39(59)30-51-16-18-52(31-41(61)62)14-12-50(24-25-57)13-15-53(19-17-51)32-42(63)64/h2,6-8,25,27-28,58H,1,3-5,9-24,26,29-32H2,(H,47,59)(H,61,62)(H,63,64). The van der Waals surface area contributed by atoms with Gasteiger partial charge in [-0.15, -0.1) is 0 Å². The van der Waals surface area contributed by atoms with Crippen LogP contribution in [0, 0.1) is 0 Å². The summed E-state index contributed by atoms with van der Waals surface area (Å²) in [5, 5.41) is 34.9. The number of fused-ring (bicyclic) bond motifs is 2. The fourth-order valence-electron chi connectivity index (χ4n) is 8.56. The third kappa shape index (κ3) is 14.2. The van der Waals surface area contributed by atoms with E-state index in [1.165, 1.54) is 6.08 Å². The number of nitrogens with one attached hydrogen (secondary N) is 1. The van der Waals surface area contributed by atoms with Crippen LogP contribution in [-0.2, 0) is 36.9 Å². The van der Waals surface area contributed by atoms with Crippen LogP contribution >= 0.6 is 11.6 Å². The summed E-state index contributed by atoms with van der Waals surface area (Å²) in [6, 6.07) is 9.32. The lowest BCUT2D eigenvalue weighted by Crippen LogP contribution is -2.49. The SMILES string of the molecule is C=CC(=O)N1CCN(c2nc(OCCCCCNC(=O)CN3CCN(CC(=O)O)CCN(CC=O)CCN(CC(=O)O)CC3)nc3c2CCN(c2cc(O)cc4cccc(Cl)c24)C3)CC1. The molecule has 3 aromatic rings. The van der Waals surface area contributed by atoms with E-state index >= 15 is 0 Å². The zero-order valence-corrected chi connectivity index (χ0v) is 37.7. The molecule has 3 aliphatic rings. The number of piperazine rings is 1. The minimum Gasteiger partial charge on any atom is -0.508 e. The van der Waals surface area contributed by atoms with Gasteiger partial charge in [0, 0.05) is 109 Å². The van der Waals surface area contributed by atoms with Crippen molar-refractivity contribution in [3.8, 4) is 11.8 Å². The Morgan fingerprint density at radius 3 is 2.06 bits per heavy atom. The zero-order chi connectivity index (χ0) is 46.3. The number of hydrogen-bond donors (Lipinski definition) is 4. The highest BCUT2D eigenvalue weighted by Gasteiger charge is 2.30. The molecule has 2 amide bonds. The number of aromatic hydroxyl groups is 1. The topological polar surface area (TPSA) is 216 Å². The Morgan fingerprint density at radius 1 is 0.785 bits per heavy atom. The number of aliphatic carboxylic acids is 2. The van der Waals surface area contributed by atoms with E-state index in [4.69, 9.17) is 26.3 Å². The van der Waals surface area contributed by atoms with Crippen LogP contribution in [0.5, 0.6) is 11.8 Å². The smallest absolute Gasteiger partial charge is 0.318 e. The number of benzene rings is 2. The molecule has 1 aromatic heterocycles.